The summed E-state index contributed by atoms with van der Waals surface area (Å²) in [6, 6.07) is 12.2. The molecule has 6 heteroatoms. The first-order chi connectivity index (χ1) is 12.1. The fourth-order valence-electron chi connectivity index (χ4n) is 2.55. The third-order valence-corrected chi connectivity index (χ3v) is 4.03. The summed E-state index contributed by atoms with van der Waals surface area (Å²) < 4.78 is 0. The molecule has 142 valence electrons. The number of benzene rings is 1. The number of pyridine rings is 1. The van der Waals surface area contributed by atoms with Crippen molar-refractivity contribution < 1.29 is 5.11 Å². The predicted octanol–water partition coefficient (Wildman–Crippen LogP) is 3.40. The summed E-state index contributed by atoms with van der Waals surface area (Å²) in [5.74, 6) is 1.05. The van der Waals surface area contributed by atoms with Gasteiger partial charge in [-0.1, -0.05) is 36.8 Å². The highest BCUT2D eigenvalue weighted by atomic mass is 127. The van der Waals surface area contributed by atoms with Gasteiger partial charge < -0.3 is 15.7 Å². The van der Waals surface area contributed by atoms with Crippen molar-refractivity contribution in [1.82, 2.24) is 15.6 Å². The molecule has 0 radical (unpaired) electrons. The lowest BCUT2D eigenvalue weighted by molar-refractivity contribution is 0.180. The van der Waals surface area contributed by atoms with E-state index >= 15 is 0 Å². The molecule has 3 N–H and O–H groups in total. The second-order valence-electron chi connectivity index (χ2n) is 6.21. The van der Waals surface area contributed by atoms with Crippen LogP contribution in [0.2, 0.25) is 0 Å². The second kappa shape index (κ2) is 11.9. The molecule has 0 aliphatic carbocycles. The lowest BCUT2D eigenvalue weighted by atomic mass is 10.00. The van der Waals surface area contributed by atoms with Crippen molar-refractivity contribution in [3.05, 3.63) is 65.5 Å². The van der Waals surface area contributed by atoms with E-state index < -0.39 is 6.10 Å². The second-order valence-corrected chi connectivity index (χ2v) is 6.21. The lowest BCUT2D eigenvalue weighted by Gasteiger charge is -2.16. The molecule has 0 spiro atoms. The van der Waals surface area contributed by atoms with Gasteiger partial charge in [0.1, 0.15) is 0 Å². The molecule has 2 atom stereocenters. The Hall–Kier alpha value is -1.67. The van der Waals surface area contributed by atoms with Crippen molar-refractivity contribution in [3.63, 3.8) is 0 Å². The van der Waals surface area contributed by atoms with Crippen LogP contribution >= 0.6 is 24.0 Å². The van der Waals surface area contributed by atoms with Crippen LogP contribution in [0.3, 0.4) is 0 Å². The number of rotatable bonds is 7. The van der Waals surface area contributed by atoms with E-state index in [1.807, 2.05) is 19.1 Å². The van der Waals surface area contributed by atoms with Crippen LogP contribution in [0.4, 0.5) is 0 Å². The first kappa shape index (κ1) is 22.4. The summed E-state index contributed by atoms with van der Waals surface area (Å²) in [5.41, 5.74) is 3.39. The topological polar surface area (TPSA) is 69.5 Å². The zero-order chi connectivity index (χ0) is 18.1. The summed E-state index contributed by atoms with van der Waals surface area (Å²) in [4.78, 5) is 8.62. The average molecular weight is 468 g/mol. The standard InChI is InChI=1S/C20H28N4O.HI/c1-4-22-20(24-14-19(25)17-8-10-21-11-9-17)23-13-16(3)18-7-5-6-15(2)12-18;/h5-12,16,19,25H,4,13-14H2,1-3H3,(H2,22,23,24);1H. The van der Waals surface area contributed by atoms with Gasteiger partial charge in [0.2, 0.25) is 0 Å². The molecule has 0 saturated heterocycles. The Morgan fingerprint density at radius 3 is 2.54 bits per heavy atom. The molecule has 0 aliphatic rings. The summed E-state index contributed by atoms with van der Waals surface area (Å²) in [6.45, 7) is 8.16. The van der Waals surface area contributed by atoms with Crippen LogP contribution in [-0.2, 0) is 0 Å². The number of halogens is 1. The number of guanidine groups is 1. The highest BCUT2D eigenvalue weighted by Crippen LogP contribution is 2.16. The van der Waals surface area contributed by atoms with E-state index in [2.05, 4.69) is 58.7 Å². The van der Waals surface area contributed by atoms with E-state index in [1.54, 1.807) is 12.4 Å². The Labute approximate surface area is 173 Å². The fraction of sp³-hybridized carbons (Fsp3) is 0.400. The minimum atomic E-state index is -0.596. The van der Waals surface area contributed by atoms with Crippen molar-refractivity contribution in [2.45, 2.75) is 32.8 Å². The lowest BCUT2D eigenvalue weighted by Crippen LogP contribution is -2.39. The predicted molar refractivity (Wildman–Crippen MR) is 118 cm³/mol. The molecule has 0 aliphatic heterocycles. The van der Waals surface area contributed by atoms with Crippen LogP contribution < -0.4 is 10.6 Å². The van der Waals surface area contributed by atoms with Crippen molar-refractivity contribution >= 4 is 29.9 Å². The Morgan fingerprint density at radius 1 is 1.15 bits per heavy atom. The monoisotopic (exact) mass is 468 g/mol. The zero-order valence-electron chi connectivity index (χ0n) is 15.6. The number of hydrogen-bond donors (Lipinski definition) is 3. The van der Waals surface area contributed by atoms with Gasteiger partial charge in [-0.05, 0) is 37.1 Å². The SMILES string of the molecule is CCNC(=NCC(C)c1cccc(C)c1)NCC(O)c1ccncc1.I. The van der Waals surface area contributed by atoms with Crippen LogP contribution in [0.1, 0.15) is 42.6 Å². The Balaban J connectivity index is 0.00000338. The molecule has 2 rings (SSSR count). The maximum atomic E-state index is 10.3. The van der Waals surface area contributed by atoms with Crippen molar-refractivity contribution in [1.29, 1.82) is 0 Å². The fourth-order valence-corrected chi connectivity index (χ4v) is 2.55. The summed E-state index contributed by atoms with van der Waals surface area (Å²) in [6.07, 6.45) is 2.77. The molecular formula is C20H29IN4O. The largest absolute Gasteiger partial charge is 0.387 e. The van der Waals surface area contributed by atoms with Crippen LogP contribution in [-0.4, -0.2) is 35.7 Å². The third kappa shape index (κ3) is 7.29. The minimum Gasteiger partial charge on any atom is -0.387 e. The van der Waals surface area contributed by atoms with E-state index in [0.29, 0.717) is 19.0 Å². The molecule has 1 heterocycles. The highest BCUT2D eigenvalue weighted by Gasteiger charge is 2.09. The molecular weight excluding hydrogens is 439 g/mol. The maximum Gasteiger partial charge on any atom is 0.191 e. The van der Waals surface area contributed by atoms with Gasteiger partial charge >= 0.3 is 0 Å². The number of nitrogens with one attached hydrogen (secondary N) is 2. The van der Waals surface area contributed by atoms with Gasteiger partial charge in [0.15, 0.2) is 5.96 Å². The smallest absolute Gasteiger partial charge is 0.191 e. The van der Waals surface area contributed by atoms with Crippen LogP contribution in [0.25, 0.3) is 0 Å². The Bertz CT molecular complexity index is 679. The first-order valence-corrected chi connectivity index (χ1v) is 8.77. The Morgan fingerprint density at radius 2 is 1.88 bits per heavy atom. The van der Waals surface area contributed by atoms with Gasteiger partial charge in [0, 0.05) is 37.9 Å². The zero-order valence-corrected chi connectivity index (χ0v) is 18.0. The quantitative estimate of drug-likeness (QED) is 0.331. The number of aliphatic hydroxyl groups excluding tert-OH is 1. The van der Waals surface area contributed by atoms with Gasteiger partial charge in [-0.3, -0.25) is 9.98 Å². The number of nitrogens with zero attached hydrogens (tertiary/aromatic N) is 2. The first-order valence-electron chi connectivity index (χ1n) is 8.77. The van der Waals surface area contributed by atoms with Crippen LogP contribution in [0.5, 0.6) is 0 Å². The number of aliphatic hydroxyl groups is 1. The number of aliphatic imine (C=N–C) groups is 1. The Kier molecular flexibility index (Phi) is 10.2. The van der Waals surface area contributed by atoms with Crippen molar-refractivity contribution in [2.24, 2.45) is 4.99 Å². The number of aryl methyl sites for hydroxylation is 1. The van der Waals surface area contributed by atoms with E-state index in [9.17, 15) is 5.11 Å². The maximum absolute atomic E-state index is 10.3. The van der Waals surface area contributed by atoms with Gasteiger partial charge in [0.05, 0.1) is 6.10 Å². The van der Waals surface area contributed by atoms with E-state index in [1.165, 1.54) is 11.1 Å². The number of hydrogen-bond acceptors (Lipinski definition) is 3. The minimum absolute atomic E-state index is 0. The molecule has 0 saturated carbocycles. The molecule has 1 aromatic carbocycles. The van der Waals surface area contributed by atoms with E-state index in [4.69, 9.17) is 0 Å². The summed E-state index contributed by atoms with van der Waals surface area (Å²) in [7, 11) is 0. The van der Waals surface area contributed by atoms with Crippen LogP contribution in [0, 0.1) is 6.92 Å². The van der Waals surface area contributed by atoms with E-state index in [-0.39, 0.29) is 24.0 Å². The van der Waals surface area contributed by atoms with Gasteiger partial charge in [-0.2, -0.15) is 0 Å². The van der Waals surface area contributed by atoms with Crippen molar-refractivity contribution in [3.8, 4) is 0 Å². The average Bonchev–Trinajstić information content (AvgIpc) is 2.64. The summed E-state index contributed by atoms with van der Waals surface area (Å²) >= 11 is 0. The van der Waals surface area contributed by atoms with Crippen molar-refractivity contribution in [2.75, 3.05) is 19.6 Å². The van der Waals surface area contributed by atoms with Gasteiger partial charge in [-0.25, -0.2) is 0 Å². The molecule has 0 bridgehead atoms. The number of aromatic nitrogens is 1. The van der Waals surface area contributed by atoms with Crippen LogP contribution in [0.15, 0.2) is 53.8 Å². The molecule has 0 amide bonds. The molecule has 2 unspecified atom stereocenters. The molecule has 0 fully saturated rings. The van der Waals surface area contributed by atoms with E-state index in [0.717, 1.165) is 18.1 Å². The van der Waals surface area contributed by atoms with Gasteiger partial charge in [-0.15, -0.1) is 24.0 Å². The molecule has 5 nitrogen and oxygen atoms in total. The molecule has 1 aromatic heterocycles. The van der Waals surface area contributed by atoms with Gasteiger partial charge in [0.25, 0.3) is 0 Å². The summed E-state index contributed by atoms with van der Waals surface area (Å²) in [5, 5.41) is 16.7. The third-order valence-electron chi connectivity index (χ3n) is 4.03. The highest BCUT2D eigenvalue weighted by molar-refractivity contribution is 14.0. The normalized spacial score (nSPS) is 13.5. The molecule has 26 heavy (non-hydrogen) atoms. The molecule has 2 aromatic rings.